The highest BCUT2D eigenvalue weighted by molar-refractivity contribution is 7.92. The number of hydrogen-bond acceptors (Lipinski definition) is 4. The zero-order chi connectivity index (χ0) is 10.3. The Labute approximate surface area is 78.6 Å². The van der Waals surface area contributed by atoms with Gasteiger partial charge in [-0.3, -0.25) is 4.79 Å². The number of carbonyl (C=O) groups excluding carboxylic acids is 1. The third kappa shape index (κ3) is 6.53. The highest BCUT2D eigenvalue weighted by Crippen LogP contribution is 1.88. The maximum Gasteiger partial charge on any atom is 0.235 e. The summed E-state index contributed by atoms with van der Waals surface area (Å²) in [6, 6.07) is 0. The van der Waals surface area contributed by atoms with Gasteiger partial charge in [0.2, 0.25) is 5.91 Å². The van der Waals surface area contributed by atoms with Crippen LogP contribution in [0, 0.1) is 0 Å². The van der Waals surface area contributed by atoms with Gasteiger partial charge in [-0.1, -0.05) is 6.92 Å². The smallest absolute Gasteiger partial charge is 0.235 e. The Morgan fingerprint density at radius 2 is 2.08 bits per heavy atom. The summed E-state index contributed by atoms with van der Waals surface area (Å²) in [5.41, 5.74) is 5.08. The molecule has 3 N–H and O–H groups in total. The molecular weight excluding hydrogens is 192 g/mol. The van der Waals surface area contributed by atoms with Gasteiger partial charge in [0.05, 0.1) is 5.75 Å². The maximum atomic E-state index is 11.1. The van der Waals surface area contributed by atoms with Gasteiger partial charge in [-0.05, 0) is 6.42 Å². The molecule has 6 heteroatoms. The van der Waals surface area contributed by atoms with Crippen LogP contribution in [0.3, 0.4) is 0 Å². The summed E-state index contributed by atoms with van der Waals surface area (Å²) in [5.74, 6) is -1.04. The van der Waals surface area contributed by atoms with Crippen LogP contribution in [0.1, 0.15) is 13.3 Å². The second-order valence-corrected chi connectivity index (χ2v) is 4.91. The van der Waals surface area contributed by atoms with E-state index in [2.05, 4.69) is 5.32 Å². The molecule has 78 valence electrons. The fourth-order valence-electron chi connectivity index (χ4n) is 0.767. The van der Waals surface area contributed by atoms with Gasteiger partial charge in [0.25, 0.3) is 0 Å². The summed E-state index contributed by atoms with van der Waals surface area (Å²) in [4.78, 5) is 11.0. The predicted molar refractivity (Wildman–Crippen MR) is 51.0 cm³/mol. The number of sulfone groups is 1. The van der Waals surface area contributed by atoms with E-state index in [1.54, 1.807) is 0 Å². The highest BCUT2D eigenvalue weighted by atomic mass is 32.2. The number of hydrogen-bond donors (Lipinski definition) is 2. The number of nitrogens with two attached hydrogens (primary N) is 1. The average molecular weight is 208 g/mol. The normalized spacial score (nSPS) is 11.2. The van der Waals surface area contributed by atoms with E-state index in [-0.39, 0.29) is 12.3 Å². The molecule has 0 rings (SSSR count). The molecule has 5 nitrogen and oxygen atoms in total. The van der Waals surface area contributed by atoms with Gasteiger partial charge < -0.3 is 11.1 Å². The lowest BCUT2D eigenvalue weighted by Crippen LogP contribution is -2.32. The summed E-state index contributed by atoms with van der Waals surface area (Å²) in [6.45, 7) is 2.47. The first-order valence-corrected chi connectivity index (χ1v) is 6.01. The van der Waals surface area contributed by atoms with Crippen molar-refractivity contribution in [3.63, 3.8) is 0 Å². The lowest BCUT2D eigenvalue weighted by Gasteiger charge is -2.03. The molecule has 0 aromatic rings. The van der Waals surface area contributed by atoms with Gasteiger partial charge in [-0.25, -0.2) is 8.42 Å². The third-order valence-electron chi connectivity index (χ3n) is 1.35. The topological polar surface area (TPSA) is 89.3 Å². The molecule has 0 aliphatic rings. The van der Waals surface area contributed by atoms with Gasteiger partial charge in [-0.2, -0.15) is 0 Å². The molecule has 0 aromatic heterocycles. The number of carbonyl (C=O) groups is 1. The molecule has 0 aliphatic carbocycles. The van der Waals surface area contributed by atoms with Crippen molar-refractivity contribution in [1.29, 1.82) is 0 Å². The van der Waals surface area contributed by atoms with Gasteiger partial charge in [0.1, 0.15) is 5.75 Å². The zero-order valence-corrected chi connectivity index (χ0v) is 8.56. The van der Waals surface area contributed by atoms with Crippen LogP contribution in [-0.4, -0.2) is 38.9 Å². The number of rotatable bonds is 6. The first kappa shape index (κ1) is 12.4. The molecule has 0 aliphatic heterocycles. The highest BCUT2D eigenvalue weighted by Gasteiger charge is 2.14. The van der Waals surface area contributed by atoms with Crippen LogP contribution < -0.4 is 11.1 Å². The molecule has 0 heterocycles. The molecule has 0 fully saturated rings. The molecule has 0 bridgehead atoms. The first-order chi connectivity index (χ1) is 6.02. The molecular formula is C7H16N2O3S. The van der Waals surface area contributed by atoms with Crippen molar-refractivity contribution in [2.75, 3.05) is 24.6 Å². The maximum absolute atomic E-state index is 11.1. The Morgan fingerprint density at radius 3 is 2.54 bits per heavy atom. The van der Waals surface area contributed by atoms with E-state index in [0.29, 0.717) is 6.54 Å². The molecule has 0 aromatic carbocycles. The fourth-order valence-corrected chi connectivity index (χ4v) is 1.77. The molecule has 0 spiro atoms. The molecule has 0 unspecified atom stereocenters. The Morgan fingerprint density at radius 1 is 1.46 bits per heavy atom. The van der Waals surface area contributed by atoms with E-state index in [1.807, 2.05) is 6.92 Å². The summed E-state index contributed by atoms with van der Waals surface area (Å²) >= 11 is 0. The predicted octanol–water partition coefficient (Wildman–Crippen LogP) is -1.11. The van der Waals surface area contributed by atoms with Crippen LogP contribution in [0.4, 0.5) is 0 Å². The minimum absolute atomic E-state index is 0.0589. The summed E-state index contributed by atoms with van der Waals surface area (Å²) < 4.78 is 22.1. The molecule has 0 saturated carbocycles. The first-order valence-electron chi connectivity index (χ1n) is 4.19. The lowest BCUT2D eigenvalue weighted by molar-refractivity contribution is -0.118. The minimum Gasteiger partial charge on any atom is -0.355 e. The van der Waals surface area contributed by atoms with Crippen molar-refractivity contribution in [1.82, 2.24) is 5.32 Å². The van der Waals surface area contributed by atoms with Crippen molar-refractivity contribution in [2.45, 2.75) is 13.3 Å². The molecule has 0 saturated heterocycles. The Balaban J connectivity index is 3.90. The quantitative estimate of drug-likeness (QED) is 0.579. The third-order valence-corrected chi connectivity index (χ3v) is 2.91. The van der Waals surface area contributed by atoms with Crippen LogP contribution in [0.15, 0.2) is 0 Å². The number of amides is 1. The van der Waals surface area contributed by atoms with Crippen molar-refractivity contribution in [3.05, 3.63) is 0 Å². The second-order valence-electron chi connectivity index (χ2n) is 2.73. The fraction of sp³-hybridized carbons (Fsp3) is 0.857. The van der Waals surface area contributed by atoms with Crippen LogP contribution in [-0.2, 0) is 14.6 Å². The van der Waals surface area contributed by atoms with Crippen LogP contribution in [0.5, 0.6) is 0 Å². The van der Waals surface area contributed by atoms with E-state index < -0.39 is 21.5 Å². The van der Waals surface area contributed by atoms with E-state index in [0.717, 1.165) is 6.42 Å². The average Bonchev–Trinajstić information content (AvgIpc) is 1.99. The number of nitrogens with one attached hydrogen (secondary N) is 1. The molecule has 0 atom stereocenters. The summed E-state index contributed by atoms with van der Waals surface area (Å²) in [7, 11) is -3.30. The second kappa shape index (κ2) is 5.93. The van der Waals surface area contributed by atoms with Crippen molar-refractivity contribution < 1.29 is 13.2 Å². The van der Waals surface area contributed by atoms with Crippen LogP contribution in [0.25, 0.3) is 0 Å². The zero-order valence-electron chi connectivity index (χ0n) is 7.75. The Kier molecular flexibility index (Phi) is 5.65. The van der Waals surface area contributed by atoms with Crippen LogP contribution in [0.2, 0.25) is 0 Å². The van der Waals surface area contributed by atoms with Gasteiger partial charge >= 0.3 is 0 Å². The van der Waals surface area contributed by atoms with E-state index >= 15 is 0 Å². The van der Waals surface area contributed by atoms with Crippen LogP contribution >= 0.6 is 0 Å². The standard InChI is InChI=1S/C7H16N2O3S/c1-2-4-9-7(10)6-13(11,12)5-3-8/h2-6,8H2,1H3,(H,9,10). The van der Waals surface area contributed by atoms with E-state index in [4.69, 9.17) is 5.73 Å². The SMILES string of the molecule is CCCNC(=O)CS(=O)(=O)CCN. The van der Waals surface area contributed by atoms with Crippen molar-refractivity contribution >= 4 is 15.7 Å². The van der Waals surface area contributed by atoms with Gasteiger partial charge in [-0.15, -0.1) is 0 Å². The Bertz CT molecular complexity index is 248. The van der Waals surface area contributed by atoms with E-state index in [1.165, 1.54) is 0 Å². The van der Waals surface area contributed by atoms with Crippen molar-refractivity contribution in [2.24, 2.45) is 5.73 Å². The molecule has 1 amide bonds. The lowest BCUT2D eigenvalue weighted by atomic mass is 10.5. The minimum atomic E-state index is -3.30. The monoisotopic (exact) mass is 208 g/mol. The van der Waals surface area contributed by atoms with Gasteiger partial charge in [0.15, 0.2) is 9.84 Å². The summed E-state index contributed by atoms with van der Waals surface area (Å²) in [6.07, 6.45) is 0.794. The van der Waals surface area contributed by atoms with Crippen molar-refractivity contribution in [3.8, 4) is 0 Å². The summed E-state index contributed by atoms with van der Waals surface area (Å²) in [5, 5.41) is 2.49. The van der Waals surface area contributed by atoms with E-state index in [9.17, 15) is 13.2 Å². The Hall–Kier alpha value is -0.620. The largest absolute Gasteiger partial charge is 0.355 e. The molecule has 0 radical (unpaired) electrons. The molecule has 13 heavy (non-hydrogen) atoms. The van der Waals surface area contributed by atoms with Gasteiger partial charge in [0, 0.05) is 13.1 Å².